The summed E-state index contributed by atoms with van der Waals surface area (Å²) in [4.78, 5) is 0. The molecule has 4 nitrogen and oxygen atoms in total. The van der Waals surface area contributed by atoms with Crippen molar-refractivity contribution < 1.29 is 19.3 Å². The summed E-state index contributed by atoms with van der Waals surface area (Å²) in [5.74, 6) is 0. The number of benzene rings is 1. The molecule has 0 heterocycles. The lowest BCUT2D eigenvalue weighted by Gasteiger charge is -2.19. The molecule has 5 heteroatoms. The van der Waals surface area contributed by atoms with Crippen molar-refractivity contribution in [1.29, 1.82) is 0 Å². The summed E-state index contributed by atoms with van der Waals surface area (Å²) in [6.45, 7) is 5.03. The molecule has 1 aromatic carbocycles. The molecule has 0 aliphatic heterocycles. The molecule has 0 saturated heterocycles. The van der Waals surface area contributed by atoms with Crippen LogP contribution in [0.3, 0.4) is 0 Å². The molecule has 0 bridgehead atoms. The van der Waals surface area contributed by atoms with Gasteiger partial charge in [0.1, 0.15) is 6.79 Å². The van der Waals surface area contributed by atoms with Crippen LogP contribution in [-0.4, -0.2) is 32.2 Å². The van der Waals surface area contributed by atoms with E-state index in [4.69, 9.17) is 25.8 Å². The number of methoxy groups -OCH3 is 1. The number of ether oxygens (including phenoxy) is 3. The third kappa shape index (κ3) is 5.89. The Morgan fingerprint density at radius 3 is 2.58 bits per heavy atom. The minimum atomic E-state index is -0.895. The zero-order valence-electron chi connectivity index (χ0n) is 11.6. The molecule has 19 heavy (non-hydrogen) atoms. The van der Waals surface area contributed by atoms with E-state index in [-0.39, 0.29) is 6.79 Å². The number of rotatable bonds is 8. The lowest BCUT2D eigenvalue weighted by atomic mass is 9.97. The average molecular weight is 289 g/mol. The van der Waals surface area contributed by atoms with E-state index in [2.05, 4.69) is 0 Å². The van der Waals surface area contributed by atoms with Gasteiger partial charge in [0.05, 0.1) is 25.4 Å². The van der Waals surface area contributed by atoms with Crippen LogP contribution in [0.4, 0.5) is 0 Å². The molecule has 0 aromatic heterocycles. The van der Waals surface area contributed by atoms with E-state index in [9.17, 15) is 5.11 Å². The summed E-state index contributed by atoms with van der Waals surface area (Å²) in [5.41, 5.74) is 0.737. The van der Waals surface area contributed by atoms with Gasteiger partial charge < -0.3 is 19.3 Å². The van der Waals surface area contributed by atoms with Crippen molar-refractivity contribution in [3.8, 4) is 0 Å². The Morgan fingerprint density at radius 1 is 1.21 bits per heavy atom. The van der Waals surface area contributed by atoms with Crippen molar-refractivity contribution in [3.63, 3.8) is 0 Å². The largest absolute Gasteiger partial charge is 0.386 e. The van der Waals surface area contributed by atoms with Crippen LogP contribution in [0.5, 0.6) is 0 Å². The quantitative estimate of drug-likeness (QED) is 0.590. The van der Waals surface area contributed by atoms with Gasteiger partial charge in [0.25, 0.3) is 0 Å². The van der Waals surface area contributed by atoms with Crippen molar-refractivity contribution >= 4 is 11.6 Å². The molecule has 0 fully saturated rings. The summed E-state index contributed by atoms with van der Waals surface area (Å²) in [6.07, 6.45) is 0. The fourth-order valence-corrected chi connectivity index (χ4v) is 1.65. The minimum absolute atomic E-state index is 0.187. The molecule has 0 atom stereocenters. The van der Waals surface area contributed by atoms with Gasteiger partial charge in [0, 0.05) is 12.1 Å². The van der Waals surface area contributed by atoms with Crippen molar-refractivity contribution in [2.24, 2.45) is 0 Å². The maximum Gasteiger partial charge on any atom is 0.147 e. The Morgan fingerprint density at radius 2 is 1.95 bits per heavy atom. The highest BCUT2D eigenvalue weighted by molar-refractivity contribution is 6.31. The second-order valence-electron chi connectivity index (χ2n) is 4.73. The van der Waals surface area contributed by atoms with E-state index in [0.29, 0.717) is 24.8 Å². The lowest BCUT2D eigenvalue weighted by Crippen LogP contribution is -2.16. The predicted octanol–water partition coefficient (Wildman–Crippen LogP) is 2.70. The molecular formula is C14H21ClO4. The Bertz CT molecular complexity index is 388. The molecule has 0 spiro atoms. The Labute approximate surface area is 119 Å². The molecule has 0 radical (unpaired) electrons. The van der Waals surface area contributed by atoms with E-state index in [1.807, 2.05) is 6.07 Å². The molecule has 108 valence electrons. The smallest absolute Gasteiger partial charge is 0.147 e. The first kappa shape index (κ1) is 16.4. The Kier molecular flexibility index (Phi) is 6.75. The molecular weight excluding hydrogens is 268 g/mol. The second kappa shape index (κ2) is 7.82. The first-order valence-corrected chi connectivity index (χ1v) is 6.48. The van der Waals surface area contributed by atoms with E-state index in [0.717, 1.165) is 11.1 Å². The summed E-state index contributed by atoms with van der Waals surface area (Å²) >= 11 is 6.09. The van der Waals surface area contributed by atoms with Gasteiger partial charge in [0.15, 0.2) is 0 Å². The molecule has 1 rings (SSSR count). The van der Waals surface area contributed by atoms with Crippen LogP contribution in [0.2, 0.25) is 5.02 Å². The van der Waals surface area contributed by atoms with E-state index < -0.39 is 5.60 Å². The topological polar surface area (TPSA) is 47.9 Å². The number of halogens is 1. The van der Waals surface area contributed by atoms with Gasteiger partial charge in [-0.1, -0.05) is 17.7 Å². The predicted molar refractivity (Wildman–Crippen MR) is 74.2 cm³/mol. The van der Waals surface area contributed by atoms with Crippen molar-refractivity contribution in [1.82, 2.24) is 0 Å². The zero-order chi connectivity index (χ0) is 14.3. The SMILES string of the molecule is COCCOCOCc1cc(C(C)(C)O)ccc1Cl. The van der Waals surface area contributed by atoms with Crippen LogP contribution in [0.15, 0.2) is 18.2 Å². The maximum absolute atomic E-state index is 9.95. The molecule has 0 saturated carbocycles. The van der Waals surface area contributed by atoms with Gasteiger partial charge >= 0.3 is 0 Å². The molecule has 0 aliphatic rings. The van der Waals surface area contributed by atoms with Crippen LogP contribution < -0.4 is 0 Å². The van der Waals surface area contributed by atoms with E-state index >= 15 is 0 Å². The fourth-order valence-electron chi connectivity index (χ4n) is 1.48. The van der Waals surface area contributed by atoms with Crippen molar-refractivity contribution in [2.45, 2.75) is 26.1 Å². The Balaban J connectivity index is 2.49. The van der Waals surface area contributed by atoms with Crippen LogP contribution >= 0.6 is 11.6 Å². The van der Waals surface area contributed by atoms with Gasteiger partial charge in [-0.15, -0.1) is 0 Å². The standard InChI is InChI=1S/C14H21ClO4/c1-14(2,16)12-4-5-13(15)11(8-12)9-19-10-18-7-6-17-3/h4-5,8,16H,6-7,9-10H2,1-3H3. The molecule has 0 amide bonds. The van der Waals surface area contributed by atoms with Crippen LogP contribution in [0, 0.1) is 0 Å². The van der Waals surface area contributed by atoms with E-state index in [1.165, 1.54) is 0 Å². The van der Waals surface area contributed by atoms with Crippen LogP contribution in [0.1, 0.15) is 25.0 Å². The molecule has 1 N–H and O–H groups in total. The highest BCUT2D eigenvalue weighted by Gasteiger charge is 2.17. The van der Waals surface area contributed by atoms with Crippen LogP contribution in [0.25, 0.3) is 0 Å². The first-order valence-electron chi connectivity index (χ1n) is 6.11. The van der Waals surface area contributed by atoms with Gasteiger partial charge in [-0.25, -0.2) is 0 Å². The van der Waals surface area contributed by atoms with Gasteiger partial charge in [0.2, 0.25) is 0 Å². The molecule has 0 aliphatic carbocycles. The second-order valence-corrected chi connectivity index (χ2v) is 5.14. The van der Waals surface area contributed by atoms with Gasteiger partial charge in [-0.3, -0.25) is 0 Å². The number of aliphatic hydroxyl groups is 1. The zero-order valence-corrected chi connectivity index (χ0v) is 12.4. The maximum atomic E-state index is 9.95. The molecule has 1 aromatic rings. The van der Waals surface area contributed by atoms with Crippen molar-refractivity contribution in [3.05, 3.63) is 34.3 Å². The fraction of sp³-hybridized carbons (Fsp3) is 0.571. The average Bonchev–Trinajstić information content (AvgIpc) is 2.34. The molecule has 0 unspecified atom stereocenters. The minimum Gasteiger partial charge on any atom is -0.386 e. The summed E-state index contributed by atoms with van der Waals surface area (Å²) in [6, 6.07) is 5.41. The summed E-state index contributed by atoms with van der Waals surface area (Å²) in [7, 11) is 1.62. The van der Waals surface area contributed by atoms with E-state index in [1.54, 1.807) is 33.1 Å². The van der Waals surface area contributed by atoms with Gasteiger partial charge in [-0.05, 0) is 37.1 Å². The summed E-state index contributed by atoms with van der Waals surface area (Å²) < 4.78 is 15.4. The highest BCUT2D eigenvalue weighted by atomic mass is 35.5. The highest BCUT2D eigenvalue weighted by Crippen LogP contribution is 2.25. The summed E-state index contributed by atoms with van der Waals surface area (Å²) in [5, 5.41) is 10.6. The first-order chi connectivity index (χ1) is 8.95. The number of hydrogen-bond donors (Lipinski definition) is 1. The lowest BCUT2D eigenvalue weighted by molar-refractivity contribution is -0.0725. The van der Waals surface area contributed by atoms with Gasteiger partial charge in [-0.2, -0.15) is 0 Å². The number of hydrogen-bond acceptors (Lipinski definition) is 4. The monoisotopic (exact) mass is 288 g/mol. The normalized spacial score (nSPS) is 11.8. The Hall–Kier alpha value is -0.650. The van der Waals surface area contributed by atoms with Crippen LogP contribution in [-0.2, 0) is 26.4 Å². The third-order valence-corrected chi connectivity index (χ3v) is 2.98. The van der Waals surface area contributed by atoms with Crippen molar-refractivity contribution in [2.75, 3.05) is 27.1 Å². The third-order valence-electron chi connectivity index (χ3n) is 2.61.